The van der Waals surface area contributed by atoms with E-state index in [0.717, 1.165) is 12.1 Å². The molecule has 0 saturated heterocycles. The second-order valence-corrected chi connectivity index (χ2v) is 3.83. The van der Waals surface area contributed by atoms with Crippen molar-refractivity contribution in [2.24, 2.45) is 0 Å². The molecular formula is C12H11ClN2O. The molecule has 0 aromatic carbocycles. The van der Waals surface area contributed by atoms with Crippen molar-refractivity contribution in [1.29, 1.82) is 0 Å². The smallest absolute Gasteiger partial charge is 0.209 e. The highest BCUT2D eigenvalue weighted by Crippen LogP contribution is 2.12. The molecule has 2 aromatic rings. The molecule has 0 amide bonds. The van der Waals surface area contributed by atoms with E-state index in [0.29, 0.717) is 16.4 Å². The number of aromatic nitrogens is 2. The van der Waals surface area contributed by atoms with Gasteiger partial charge < -0.3 is 4.98 Å². The maximum atomic E-state index is 12.0. The standard InChI is InChI=1S/C12H11ClN2O/c1-2-9-3-4-10(15-9)12(16)8-5-6-14-11(13)7-8/h3-7,15H,2H2,1H3. The van der Waals surface area contributed by atoms with Crippen LogP contribution in [-0.4, -0.2) is 15.8 Å². The highest BCUT2D eigenvalue weighted by Gasteiger charge is 2.11. The van der Waals surface area contributed by atoms with Gasteiger partial charge in [0.05, 0.1) is 5.69 Å². The molecule has 0 spiro atoms. The van der Waals surface area contributed by atoms with Crippen molar-refractivity contribution in [3.8, 4) is 0 Å². The largest absolute Gasteiger partial charge is 0.356 e. The van der Waals surface area contributed by atoms with Crippen molar-refractivity contribution >= 4 is 17.4 Å². The summed E-state index contributed by atoms with van der Waals surface area (Å²) in [6.07, 6.45) is 2.41. The van der Waals surface area contributed by atoms with E-state index in [1.165, 1.54) is 6.20 Å². The van der Waals surface area contributed by atoms with Gasteiger partial charge in [-0.1, -0.05) is 18.5 Å². The molecule has 2 heterocycles. The number of carbonyl (C=O) groups excluding carboxylic acids is 1. The van der Waals surface area contributed by atoms with E-state index in [1.807, 2.05) is 13.0 Å². The molecular weight excluding hydrogens is 224 g/mol. The highest BCUT2D eigenvalue weighted by molar-refractivity contribution is 6.29. The Labute approximate surface area is 98.5 Å². The van der Waals surface area contributed by atoms with Gasteiger partial charge in [0, 0.05) is 17.5 Å². The van der Waals surface area contributed by atoms with Gasteiger partial charge in [-0.15, -0.1) is 0 Å². The van der Waals surface area contributed by atoms with Crippen LogP contribution in [0.2, 0.25) is 5.15 Å². The molecule has 0 bridgehead atoms. The number of rotatable bonds is 3. The molecule has 0 aliphatic heterocycles. The Kier molecular flexibility index (Phi) is 3.06. The zero-order valence-corrected chi connectivity index (χ0v) is 9.58. The first-order valence-electron chi connectivity index (χ1n) is 5.05. The number of halogens is 1. The van der Waals surface area contributed by atoms with Crippen LogP contribution in [0.5, 0.6) is 0 Å². The molecule has 0 atom stereocenters. The maximum Gasteiger partial charge on any atom is 0.209 e. The lowest BCUT2D eigenvalue weighted by Gasteiger charge is -1.98. The molecule has 0 radical (unpaired) electrons. The monoisotopic (exact) mass is 234 g/mol. The lowest BCUT2D eigenvalue weighted by Crippen LogP contribution is -2.02. The minimum absolute atomic E-state index is 0.0657. The maximum absolute atomic E-state index is 12.0. The summed E-state index contributed by atoms with van der Waals surface area (Å²) in [5, 5.41) is 0.327. The van der Waals surface area contributed by atoms with E-state index < -0.39 is 0 Å². The molecule has 16 heavy (non-hydrogen) atoms. The van der Waals surface area contributed by atoms with Crippen LogP contribution in [0.4, 0.5) is 0 Å². The van der Waals surface area contributed by atoms with E-state index >= 15 is 0 Å². The van der Waals surface area contributed by atoms with Crippen LogP contribution in [0.3, 0.4) is 0 Å². The summed E-state index contributed by atoms with van der Waals surface area (Å²) in [6.45, 7) is 2.03. The van der Waals surface area contributed by atoms with Crippen molar-refractivity contribution in [3.63, 3.8) is 0 Å². The van der Waals surface area contributed by atoms with Gasteiger partial charge >= 0.3 is 0 Å². The molecule has 0 fully saturated rings. The Morgan fingerprint density at radius 2 is 2.25 bits per heavy atom. The second kappa shape index (κ2) is 4.49. The minimum Gasteiger partial charge on any atom is -0.356 e. The third-order valence-corrected chi connectivity index (χ3v) is 2.57. The Hall–Kier alpha value is -1.61. The summed E-state index contributed by atoms with van der Waals surface area (Å²) < 4.78 is 0. The summed E-state index contributed by atoms with van der Waals surface area (Å²) in [5.74, 6) is -0.0657. The number of pyridine rings is 1. The van der Waals surface area contributed by atoms with Gasteiger partial charge in [-0.25, -0.2) is 4.98 Å². The summed E-state index contributed by atoms with van der Waals surface area (Å²) in [4.78, 5) is 18.9. The number of hydrogen-bond donors (Lipinski definition) is 1. The Morgan fingerprint density at radius 3 is 2.88 bits per heavy atom. The summed E-state index contributed by atoms with van der Waals surface area (Å²) in [7, 11) is 0. The molecule has 82 valence electrons. The number of carbonyl (C=O) groups is 1. The summed E-state index contributed by atoms with van der Waals surface area (Å²) >= 11 is 5.74. The minimum atomic E-state index is -0.0657. The van der Waals surface area contributed by atoms with Crippen LogP contribution < -0.4 is 0 Å². The molecule has 1 N–H and O–H groups in total. The van der Waals surface area contributed by atoms with Crippen LogP contribution in [0, 0.1) is 0 Å². The summed E-state index contributed by atoms with van der Waals surface area (Å²) in [6, 6.07) is 6.92. The Balaban J connectivity index is 2.31. The quantitative estimate of drug-likeness (QED) is 0.656. The molecule has 2 aromatic heterocycles. The number of nitrogens with zero attached hydrogens (tertiary/aromatic N) is 1. The fourth-order valence-corrected chi connectivity index (χ4v) is 1.65. The van der Waals surface area contributed by atoms with Gasteiger partial charge in [-0.3, -0.25) is 4.79 Å². The van der Waals surface area contributed by atoms with E-state index in [9.17, 15) is 4.79 Å². The Bertz CT molecular complexity index is 519. The topological polar surface area (TPSA) is 45.8 Å². The van der Waals surface area contributed by atoms with Crippen LogP contribution in [0.1, 0.15) is 28.7 Å². The van der Waals surface area contributed by atoms with Crippen molar-refractivity contribution in [2.45, 2.75) is 13.3 Å². The number of ketones is 1. The van der Waals surface area contributed by atoms with Gasteiger partial charge in [-0.2, -0.15) is 0 Å². The van der Waals surface area contributed by atoms with Crippen LogP contribution in [0.25, 0.3) is 0 Å². The van der Waals surface area contributed by atoms with Crippen LogP contribution in [-0.2, 0) is 6.42 Å². The number of hydrogen-bond acceptors (Lipinski definition) is 2. The predicted molar refractivity (Wildman–Crippen MR) is 62.9 cm³/mol. The van der Waals surface area contributed by atoms with E-state index in [2.05, 4.69) is 9.97 Å². The molecule has 4 heteroatoms. The SMILES string of the molecule is CCc1ccc(C(=O)c2ccnc(Cl)c2)[nH]1. The average Bonchev–Trinajstić information content (AvgIpc) is 2.76. The second-order valence-electron chi connectivity index (χ2n) is 3.45. The lowest BCUT2D eigenvalue weighted by atomic mass is 10.1. The molecule has 2 rings (SSSR count). The van der Waals surface area contributed by atoms with Crippen molar-refractivity contribution in [2.75, 3.05) is 0 Å². The first-order chi connectivity index (χ1) is 7.70. The normalized spacial score (nSPS) is 10.4. The summed E-state index contributed by atoms with van der Waals surface area (Å²) in [5.41, 5.74) is 2.17. The number of nitrogens with one attached hydrogen (secondary N) is 1. The van der Waals surface area contributed by atoms with E-state index in [1.54, 1.807) is 18.2 Å². The molecule has 3 nitrogen and oxygen atoms in total. The third kappa shape index (κ3) is 2.14. The number of aromatic amines is 1. The van der Waals surface area contributed by atoms with Gasteiger partial charge in [0.25, 0.3) is 0 Å². The van der Waals surface area contributed by atoms with Crippen LogP contribution >= 0.6 is 11.6 Å². The first kappa shape index (κ1) is 10.9. The van der Waals surface area contributed by atoms with Crippen molar-refractivity contribution < 1.29 is 4.79 Å². The fourth-order valence-electron chi connectivity index (χ4n) is 1.48. The molecule has 0 saturated carbocycles. The average molecular weight is 235 g/mol. The molecule has 0 aliphatic carbocycles. The zero-order chi connectivity index (χ0) is 11.5. The van der Waals surface area contributed by atoms with E-state index in [-0.39, 0.29) is 5.78 Å². The van der Waals surface area contributed by atoms with Gasteiger partial charge in [-0.05, 0) is 30.7 Å². The van der Waals surface area contributed by atoms with Crippen molar-refractivity contribution in [1.82, 2.24) is 9.97 Å². The predicted octanol–water partition coefficient (Wildman–Crippen LogP) is 2.86. The number of H-pyrrole nitrogens is 1. The molecule has 0 aliphatic rings. The lowest BCUT2D eigenvalue weighted by molar-refractivity contribution is 0.103. The van der Waals surface area contributed by atoms with Gasteiger partial charge in [0.2, 0.25) is 5.78 Å². The molecule has 0 unspecified atom stereocenters. The highest BCUT2D eigenvalue weighted by atomic mass is 35.5. The van der Waals surface area contributed by atoms with Crippen molar-refractivity contribution in [3.05, 3.63) is 52.6 Å². The zero-order valence-electron chi connectivity index (χ0n) is 8.83. The van der Waals surface area contributed by atoms with Gasteiger partial charge in [0.1, 0.15) is 5.15 Å². The Morgan fingerprint density at radius 1 is 1.44 bits per heavy atom. The first-order valence-corrected chi connectivity index (χ1v) is 5.42. The number of aryl methyl sites for hydroxylation is 1. The van der Waals surface area contributed by atoms with Gasteiger partial charge in [0.15, 0.2) is 0 Å². The van der Waals surface area contributed by atoms with Crippen LogP contribution in [0.15, 0.2) is 30.5 Å². The van der Waals surface area contributed by atoms with E-state index in [4.69, 9.17) is 11.6 Å². The fraction of sp³-hybridized carbons (Fsp3) is 0.167. The third-order valence-electron chi connectivity index (χ3n) is 2.36.